The second kappa shape index (κ2) is 4.05. The lowest BCUT2D eigenvalue weighted by molar-refractivity contribution is 0.102. The average Bonchev–Trinajstić information content (AvgIpc) is 2.08. The third-order valence-electron chi connectivity index (χ3n) is 1.37. The normalized spacial score (nSPS) is 9.83. The molecule has 0 aliphatic heterocycles. The minimum Gasteiger partial charge on any atom is -0.508 e. The highest BCUT2D eigenvalue weighted by atomic mass is 79.9. The summed E-state index contributed by atoms with van der Waals surface area (Å²) in [6, 6.07) is 4.61. The molecule has 1 N–H and O–H groups in total. The van der Waals surface area contributed by atoms with Crippen LogP contribution in [0.15, 0.2) is 22.7 Å². The maximum atomic E-state index is 11.2. The van der Waals surface area contributed by atoms with Crippen LogP contribution in [0.5, 0.6) is 5.75 Å². The molecule has 0 aliphatic carbocycles. The summed E-state index contributed by atoms with van der Waals surface area (Å²) in [6.45, 7) is 0. The van der Waals surface area contributed by atoms with Crippen molar-refractivity contribution in [2.75, 3.05) is 5.33 Å². The second-order valence-corrected chi connectivity index (χ2v) is 3.64. The monoisotopic (exact) mass is 292 g/mol. The van der Waals surface area contributed by atoms with Gasteiger partial charge in [0.15, 0.2) is 5.78 Å². The Morgan fingerprint density at radius 2 is 2.17 bits per heavy atom. The largest absolute Gasteiger partial charge is 0.508 e. The Labute approximate surface area is 86.9 Å². The Balaban J connectivity index is 3.13. The van der Waals surface area contributed by atoms with E-state index in [9.17, 15) is 4.79 Å². The fraction of sp³-hybridized carbons (Fsp3) is 0.125. The molecule has 0 aromatic heterocycles. The van der Waals surface area contributed by atoms with Crippen LogP contribution in [-0.4, -0.2) is 16.2 Å². The number of phenolic OH excluding ortho intramolecular Hbond substituents is 1. The molecule has 0 saturated carbocycles. The molecule has 1 rings (SSSR count). The quantitative estimate of drug-likeness (QED) is 0.672. The van der Waals surface area contributed by atoms with Gasteiger partial charge >= 0.3 is 0 Å². The standard InChI is InChI=1S/C8H6Br2O2/c9-4-8(12)6-3-5(11)1-2-7(6)10/h1-3,11H,4H2. The SMILES string of the molecule is O=C(CBr)c1cc(O)ccc1Br. The van der Waals surface area contributed by atoms with Crippen molar-refractivity contribution in [3.05, 3.63) is 28.2 Å². The number of halogens is 2. The summed E-state index contributed by atoms with van der Waals surface area (Å²) in [6.07, 6.45) is 0. The van der Waals surface area contributed by atoms with Crippen molar-refractivity contribution >= 4 is 37.6 Å². The number of hydrogen-bond donors (Lipinski definition) is 1. The Hall–Kier alpha value is -0.350. The van der Waals surface area contributed by atoms with Crippen molar-refractivity contribution in [3.63, 3.8) is 0 Å². The number of benzene rings is 1. The molecule has 0 aliphatic rings. The third-order valence-corrected chi connectivity index (χ3v) is 2.57. The molecule has 0 saturated heterocycles. The van der Waals surface area contributed by atoms with Gasteiger partial charge in [-0.05, 0) is 18.2 Å². The van der Waals surface area contributed by atoms with E-state index in [4.69, 9.17) is 5.11 Å². The predicted octanol–water partition coefficient (Wildman–Crippen LogP) is 2.73. The number of phenols is 1. The molecule has 0 fully saturated rings. The van der Waals surface area contributed by atoms with Crippen LogP contribution in [0.1, 0.15) is 10.4 Å². The summed E-state index contributed by atoms with van der Waals surface area (Å²) in [5.74, 6) is 0.0419. The van der Waals surface area contributed by atoms with E-state index in [0.717, 1.165) is 0 Å². The summed E-state index contributed by atoms with van der Waals surface area (Å²) in [7, 11) is 0. The van der Waals surface area contributed by atoms with Gasteiger partial charge in [0.25, 0.3) is 0 Å². The van der Waals surface area contributed by atoms with E-state index in [1.165, 1.54) is 12.1 Å². The van der Waals surface area contributed by atoms with E-state index in [2.05, 4.69) is 31.9 Å². The smallest absolute Gasteiger partial charge is 0.174 e. The number of Topliss-reactive ketones (excluding diaryl/α,β-unsaturated/α-hetero) is 1. The molecule has 0 unspecified atom stereocenters. The first-order valence-electron chi connectivity index (χ1n) is 3.23. The van der Waals surface area contributed by atoms with Crippen LogP contribution in [0.3, 0.4) is 0 Å². The van der Waals surface area contributed by atoms with E-state index in [1.807, 2.05) is 0 Å². The number of carbonyl (C=O) groups excluding carboxylic acids is 1. The van der Waals surface area contributed by atoms with Crippen LogP contribution in [0.4, 0.5) is 0 Å². The number of rotatable bonds is 2. The molecular weight excluding hydrogens is 288 g/mol. The van der Waals surface area contributed by atoms with Gasteiger partial charge in [0, 0.05) is 10.0 Å². The molecular formula is C8H6Br2O2. The van der Waals surface area contributed by atoms with Gasteiger partial charge in [-0.2, -0.15) is 0 Å². The molecule has 1 aromatic rings. The first-order chi connectivity index (χ1) is 5.65. The molecule has 0 atom stereocenters. The van der Waals surface area contributed by atoms with E-state index >= 15 is 0 Å². The van der Waals surface area contributed by atoms with Crippen molar-refractivity contribution in [1.82, 2.24) is 0 Å². The first-order valence-corrected chi connectivity index (χ1v) is 5.14. The molecule has 0 amide bonds. The molecule has 4 heteroatoms. The highest BCUT2D eigenvalue weighted by molar-refractivity contribution is 9.10. The van der Waals surface area contributed by atoms with Crippen LogP contribution < -0.4 is 0 Å². The molecule has 1 aromatic carbocycles. The van der Waals surface area contributed by atoms with Crippen LogP contribution in [0, 0.1) is 0 Å². The van der Waals surface area contributed by atoms with Crippen molar-refractivity contribution in [2.45, 2.75) is 0 Å². The van der Waals surface area contributed by atoms with Crippen molar-refractivity contribution < 1.29 is 9.90 Å². The van der Waals surface area contributed by atoms with Crippen LogP contribution in [0.2, 0.25) is 0 Å². The van der Waals surface area contributed by atoms with E-state index < -0.39 is 0 Å². The number of alkyl halides is 1. The van der Waals surface area contributed by atoms with Crippen molar-refractivity contribution in [3.8, 4) is 5.75 Å². The van der Waals surface area contributed by atoms with Gasteiger partial charge in [0.05, 0.1) is 5.33 Å². The lowest BCUT2D eigenvalue weighted by Crippen LogP contribution is -2.00. The molecule has 64 valence electrons. The van der Waals surface area contributed by atoms with Gasteiger partial charge in [0.1, 0.15) is 5.75 Å². The van der Waals surface area contributed by atoms with Crippen LogP contribution in [0.25, 0.3) is 0 Å². The molecule has 0 bridgehead atoms. The zero-order chi connectivity index (χ0) is 9.14. The Bertz CT molecular complexity index is 310. The lowest BCUT2D eigenvalue weighted by Gasteiger charge is -2.00. The van der Waals surface area contributed by atoms with E-state index in [1.54, 1.807) is 6.07 Å². The summed E-state index contributed by atoms with van der Waals surface area (Å²) in [5.41, 5.74) is 0.492. The zero-order valence-corrected chi connectivity index (χ0v) is 9.22. The Kier molecular flexibility index (Phi) is 3.29. The minimum absolute atomic E-state index is 0.0576. The van der Waals surface area contributed by atoms with Crippen molar-refractivity contribution in [2.24, 2.45) is 0 Å². The molecule has 12 heavy (non-hydrogen) atoms. The number of hydrogen-bond acceptors (Lipinski definition) is 2. The van der Waals surface area contributed by atoms with E-state index in [0.29, 0.717) is 10.0 Å². The third kappa shape index (κ3) is 2.08. The molecule has 2 nitrogen and oxygen atoms in total. The zero-order valence-electron chi connectivity index (χ0n) is 6.05. The predicted molar refractivity (Wildman–Crippen MR) is 53.9 cm³/mol. The fourth-order valence-corrected chi connectivity index (χ4v) is 1.57. The summed E-state index contributed by atoms with van der Waals surface area (Å²) >= 11 is 6.28. The van der Waals surface area contributed by atoms with Crippen molar-refractivity contribution in [1.29, 1.82) is 0 Å². The summed E-state index contributed by atoms with van der Waals surface area (Å²) < 4.78 is 0.699. The highest BCUT2D eigenvalue weighted by Crippen LogP contribution is 2.22. The van der Waals surface area contributed by atoms with Gasteiger partial charge in [-0.25, -0.2) is 0 Å². The van der Waals surface area contributed by atoms with Gasteiger partial charge in [0.2, 0.25) is 0 Å². The second-order valence-electron chi connectivity index (χ2n) is 2.22. The lowest BCUT2D eigenvalue weighted by atomic mass is 10.1. The Morgan fingerprint density at radius 3 is 2.75 bits per heavy atom. The molecule has 0 spiro atoms. The minimum atomic E-state index is -0.0576. The Morgan fingerprint density at radius 1 is 1.50 bits per heavy atom. The summed E-state index contributed by atoms with van der Waals surface area (Å²) in [5, 5.41) is 9.35. The fourth-order valence-electron chi connectivity index (χ4n) is 0.799. The maximum Gasteiger partial charge on any atom is 0.174 e. The van der Waals surface area contributed by atoms with Gasteiger partial charge in [-0.15, -0.1) is 0 Å². The van der Waals surface area contributed by atoms with Gasteiger partial charge in [-0.1, -0.05) is 31.9 Å². The van der Waals surface area contributed by atoms with Crippen LogP contribution >= 0.6 is 31.9 Å². The maximum absolute atomic E-state index is 11.2. The number of aromatic hydroxyl groups is 1. The number of carbonyl (C=O) groups is 1. The topological polar surface area (TPSA) is 37.3 Å². The molecule has 0 heterocycles. The van der Waals surface area contributed by atoms with Gasteiger partial charge < -0.3 is 5.11 Å². The first kappa shape index (κ1) is 9.74. The van der Waals surface area contributed by atoms with E-state index in [-0.39, 0.29) is 16.9 Å². The van der Waals surface area contributed by atoms with Crippen LogP contribution in [-0.2, 0) is 0 Å². The highest BCUT2D eigenvalue weighted by Gasteiger charge is 2.08. The van der Waals surface area contributed by atoms with Gasteiger partial charge in [-0.3, -0.25) is 4.79 Å². The number of ketones is 1. The summed E-state index contributed by atoms with van der Waals surface area (Å²) in [4.78, 5) is 11.2. The average molecular weight is 294 g/mol. The molecule has 0 radical (unpaired) electrons.